The molecule has 47 heavy (non-hydrogen) atoms. The lowest BCUT2D eigenvalue weighted by Crippen LogP contribution is -1.95. The molecule has 0 spiro atoms. The first-order valence-corrected chi connectivity index (χ1v) is 15.7. The van der Waals surface area contributed by atoms with Crippen molar-refractivity contribution in [3.05, 3.63) is 164 Å². The molecule has 2 heterocycles. The summed E-state index contributed by atoms with van der Waals surface area (Å²) >= 11 is 0. The first-order chi connectivity index (χ1) is 23.3. The molecule has 4 heteroatoms. The first-order valence-electron chi connectivity index (χ1n) is 15.7. The standard InChI is InChI=1S/C43H27N3O/c1-3-12-31(13-4-1)42-44-37-18-10-9-17-36(37)41(46-42)30-21-19-29(20-22-30)40-34-16-8-7-11-28(34)23-25-35(40)33-24-26-39-38(27-33)45-43(47-39)32-14-5-2-6-15-32/h1-27H. The minimum atomic E-state index is 0.625. The van der Waals surface area contributed by atoms with Gasteiger partial charge in [0.2, 0.25) is 5.89 Å². The summed E-state index contributed by atoms with van der Waals surface area (Å²) in [7, 11) is 0. The number of oxazole rings is 1. The van der Waals surface area contributed by atoms with E-state index in [2.05, 4.69) is 97.1 Å². The van der Waals surface area contributed by atoms with E-state index in [1.54, 1.807) is 0 Å². The van der Waals surface area contributed by atoms with Crippen LogP contribution in [-0.4, -0.2) is 15.0 Å². The molecule has 0 aliphatic heterocycles. The zero-order chi connectivity index (χ0) is 31.2. The molecule has 0 radical (unpaired) electrons. The van der Waals surface area contributed by atoms with Crippen molar-refractivity contribution in [1.82, 2.24) is 15.0 Å². The van der Waals surface area contributed by atoms with Crippen LogP contribution in [0.5, 0.6) is 0 Å². The van der Waals surface area contributed by atoms with Gasteiger partial charge >= 0.3 is 0 Å². The van der Waals surface area contributed by atoms with Crippen LogP contribution in [0.25, 0.3) is 89.1 Å². The quantitative estimate of drug-likeness (QED) is 0.197. The number of hydrogen-bond acceptors (Lipinski definition) is 4. The van der Waals surface area contributed by atoms with Gasteiger partial charge in [0.1, 0.15) is 5.52 Å². The molecule has 0 unspecified atom stereocenters. The van der Waals surface area contributed by atoms with Gasteiger partial charge in [-0.2, -0.15) is 0 Å². The Kier molecular flexibility index (Phi) is 6.43. The monoisotopic (exact) mass is 601 g/mol. The minimum absolute atomic E-state index is 0.625. The average molecular weight is 602 g/mol. The Labute approximate surface area is 271 Å². The predicted molar refractivity (Wildman–Crippen MR) is 192 cm³/mol. The van der Waals surface area contributed by atoms with Gasteiger partial charge in [-0.3, -0.25) is 0 Å². The maximum absolute atomic E-state index is 6.13. The van der Waals surface area contributed by atoms with E-state index in [9.17, 15) is 0 Å². The van der Waals surface area contributed by atoms with Crippen LogP contribution in [-0.2, 0) is 0 Å². The second kappa shape index (κ2) is 11.2. The molecule has 2 aromatic heterocycles. The molecule has 220 valence electrons. The highest BCUT2D eigenvalue weighted by Gasteiger charge is 2.16. The van der Waals surface area contributed by atoms with Crippen LogP contribution in [0.15, 0.2) is 168 Å². The van der Waals surface area contributed by atoms with Crippen molar-refractivity contribution in [2.24, 2.45) is 0 Å². The largest absolute Gasteiger partial charge is 0.436 e. The maximum Gasteiger partial charge on any atom is 0.227 e. The molecule has 0 fully saturated rings. The number of para-hydroxylation sites is 1. The van der Waals surface area contributed by atoms with Crippen molar-refractivity contribution in [2.45, 2.75) is 0 Å². The molecule has 0 N–H and O–H groups in total. The number of aromatic nitrogens is 3. The van der Waals surface area contributed by atoms with Gasteiger partial charge in [-0.05, 0) is 63.4 Å². The summed E-state index contributed by atoms with van der Waals surface area (Å²) in [5.74, 6) is 1.35. The third kappa shape index (κ3) is 4.84. The number of hydrogen-bond donors (Lipinski definition) is 0. The zero-order valence-corrected chi connectivity index (χ0v) is 25.3. The van der Waals surface area contributed by atoms with Gasteiger partial charge in [-0.1, -0.05) is 133 Å². The highest BCUT2D eigenvalue weighted by Crippen LogP contribution is 2.40. The van der Waals surface area contributed by atoms with Crippen molar-refractivity contribution < 1.29 is 4.42 Å². The van der Waals surface area contributed by atoms with Crippen molar-refractivity contribution >= 4 is 32.8 Å². The molecule has 0 saturated carbocycles. The Balaban J connectivity index is 1.18. The van der Waals surface area contributed by atoms with Crippen LogP contribution in [0, 0.1) is 0 Å². The SMILES string of the molecule is c1ccc(-c2nc(-c3ccc(-c4c(-c5ccc6oc(-c7ccccc7)nc6c5)ccc5ccccc45)cc3)c3ccccc3n2)cc1. The summed E-state index contributed by atoms with van der Waals surface area (Å²) in [6.07, 6.45) is 0. The Morgan fingerprint density at radius 1 is 0.404 bits per heavy atom. The summed E-state index contributed by atoms with van der Waals surface area (Å²) in [4.78, 5) is 14.8. The van der Waals surface area contributed by atoms with E-state index in [1.165, 1.54) is 16.3 Å². The van der Waals surface area contributed by atoms with Crippen molar-refractivity contribution in [1.29, 1.82) is 0 Å². The topological polar surface area (TPSA) is 51.8 Å². The lowest BCUT2D eigenvalue weighted by atomic mass is 9.89. The van der Waals surface area contributed by atoms with Crippen LogP contribution in [0.3, 0.4) is 0 Å². The summed E-state index contributed by atoms with van der Waals surface area (Å²) < 4.78 is 6.13. The van der Waals surface area contributed by atoms with E-state index < -0.39 is 0 Å². The Hall–Kier alpha value is -6.39. The minimum Gasteiger partial charge on any atom is -0.436 e. The second-order valence-electron chi connectivity index (χ2n) is 11.6. The Bertz CT molecular complexity index is 2550. The number of rotatable bonds is 5. The fourth-order valence-electron chi connectivity index (χ4n) is 6.43. The number of benzene rings is 7. The van der Waals surface area contributed by atoms with E-state index in [4.69, 9.17) is 19.4 Å². The average Bonchev–Trinajstić information content (AvgIpc) is 3.59. The van der Waals surface area contributed by atoms with Crippen LogP contribution in [0.2, 0.25) is 0 Å². The van der Waals surface area contributed by atoms with Gasteiger partial charge < -0.3 is 4.42 Å². The van der Waals surface area contributed by atoms with Gasteiger partial charge in [0.25, 0.3) is 0 Å². The smallest absolute Gasteiger partial charge is 0.227 e. The highest BCUT2D eigenvalue weighted by molar-refractivity contribution is 6.05. The van der Waals surface area contributed by atoms with Crippen molar-refractivity contribution in [3.63, 3.8) is 0 Å². The third-order valence-electron chi connectivity index (χ3n) is 8.73. The molecule has 0 aliphatic carbocycles. The Morgan fingerprint density at radius 3 is 1.87 bits per heavy atom. The fraction of sp³-hybridized carbons (Fsp3) is 0. The van der Waals surface area contributed by atoms with Gasteiger partial charge in [-0.15, -0.1) is 0 Å². The molecule has 0 amide bonds. The van der Waals surface area contributed by atoms with E-state index in [1.807, 2.05) is 66.7 Å². The molecule has 0 atom stereocenters. The Morgan fingerprint density at radius 2 is 1.06 bits per heavy atom. The van der Waals surface area contributed by atoms with Crippen LogP contribution in [0.1, 0.15) is 0 Å². The zero-order valence-electron chi connectivity index (χ0n) is 25.3. The van der Waals surface area contributed by atoms with Gasteiger partial charge in [0, 0.05) is 22.1 Å². The lowest BCUT2D eigenvalue weighted by Gasteiger charge is -2.15. The summed E-state index contributed by atoms with van der Waals surface area (Å²) in [6, 6.07) is 56.4. The number of fused-ring (bicyclic) bond motifs is 3. The first kappa shape index (κ1) is 27.0. The molecular formula is C43H27N3O. The van der Waals surface area contributed by atoms with Gasteiger partial charge in [0.05, 0.1) is 11.2 Å². The van der Waals surface area contributed by atoms with Crippen molar-refractivity contribution in [2.75, 3.05) is 0 Å². The molecule has 9 rings (SSSR count). The van der Waals surface area contributed by atoms with E-state index in [0.29, 0.717) is 5.89 Å². The molecule has 0 saturated heterocycles. The van der Waals surface area contributed by atoms with Crippen LogP contribution >= 0.6 is 0 Å². The number of nitrogens with zero attached hydrogens (tertiary/aromatic N) is 3. The molecule has 7 aromatic carbocycles. The highest BCUT2D eigenvalue weighted by atomic mass is 16.3. The normalized spacial score (nSPS) is 11.4. The second-order valence-corrected chi connectivity index (χ2v) is 11.6. The summed E-state index contributed by atoms with van der Waals surface area (Å²) in [5, 5.41) is 3.42. The molecule has 9 aromatic rings. The fourth-order valence-corrected chi connectivity index (χ4v) is 6.43. The van der Waals surface area contributed by atoms with Crippen LogP contribution < -0.4 is 0 Å². The molecule has 4 nitrogen and oxygen atoms in total. The van der Waals surface area contributed by atoms with E-state index in [0.717, 1.165) is 66.9 Å². The van der Waals surface area contributed by atoms with E-state index in [-0.39, 0.29) is 0 Å². The van der Waals surface area contributed by atoms with Crippen molar-refractivity contribution in [3.8, 4) is 56.4 Å². The lowest BCUT2D eigenvalue weighted by molar-refractivity contribution is 0.620. The summed E-state index contributed by atoms with van der Waals surface area (Å²) in [6.45, 7) is 0. The van der Waals surface area contributed by atoms with Crippen LogP contribution in [0.4, 0.5) is 0 Å². The van der Waals surface area contributed by atoms with E-state index >= 15 is 0 Å². The van der Waals surface area contributed by atoms with Gasteiger partial charge in [-0.25, -0.2) is 15.0 Å². The predicted octanol–water partition coefficient (Wildman–Crippen LogP) is 11.3. The van der Waals surface area contributed by atoms with Gasteiger partial charge in [0.15, 0.2) is 11.4 Å². The molecule has 0 aliphatic rings. The molecule has 0 bridgehead atoms. The molecular weight excluding hydrogens is 574 g/mol. The third-order valence-corrected chi connectivity index (χ3v) is 8.73. The summed E-state index contributed by atoms with van der Waals surface area (Å²) in [5.41, 5.74) is 11.0. The maximum atomic E-state index is 6.13.